The number of aromatic nitrogens is 1. The number of nitrogens with one attached hydrogen (secondary N) is 2. The molecular formula is C9H11ClN4O6S. The largest absolute Gasteiger partial charge is 0.446 e. The van der Waals surface area contributed by atoms with Crippen molar-refractivity contribution in [3.05, 3.63) is 27.4 Å². The molecule has 0 unspecified atom stereocenters. The molecule has 21 heavy (non-hydrogen) atoms. The van der Waals surface area contributed by atoms with Crippen molar-refractivity contribution in [1.82, 2.24) is 9.71 Å². The van der Waals surface area contributed by atoms with Gasteiger partial charge >= 0.3 is 22.0 Å². The summed E-state index contributed by atoms with van der Waals surface area (Å²) in [5, 5.41) is 10.6. The van der Waals surface area contributed by atoms with Gasteiger partial charge in [-0.05, 0) is 19.9 Å². The second-order valence-electron chi connectivity index (χ2n) is 3.92. The number of ether oxygens (including phenoxy) is 1. The Hall–Kier alpha value is -2.14. The average molecular weight is 339 g/mol. The minimum absolute atomic E-state index is 0.164. The monoisotopic (exact) mass is 338 g/mol. The van der Waals surface area contributed by atoms with Gasteiger partial charge in [0.25, 0.3) is 0 Å². The summed E-state index contributed by atoms with van der Waals surface area (Å²) in [6.45, 7) is 3.03. The highest BCUT2D eigenvalue weighted by atomic mass is 35.5. The Kier molecular flexibility index (Phi) is 5.27. The number of pyridine rings is 1. The molecule has 0 aromatic carbocycles. The van der Waals surface area contributed by atoms with Gasteiger partial charge in [-0.1, -0.05) is 11.6 Å². The lowest BCUT2D eigenvalue weighted by Gasteiger charge is -2.11. The van der Waals surface area contributed by atoms with Crippen LogP contribution in [0.2, 0.25) is 5.15 Å². The molecule has 0 bridgehead atoms. The number of carbonyl (C=O) groups excluding carboxylic acids is 1. The van der Waals surface area contributed by atoms with Crippen LogP contribution in [0.4, 0.5) is 16.3 Å². The summed E-state index contributed by atoms with van der Waals surface area (Å²) in [6.07, 6.45) is -1.78. The third-order valence-electron chi connectivity index (χ3n) is 1.83. The summed E-state index contributed by atoms with van der Waals surface area (Å²) in [5.74, 6) is -0.627. The highest BCUT2D eigenvalue weighted by Gasteiger charge is 2.23. The van der Waals surface area contributed by atoms with E-state index in [4.69, 9.17) is 11.6 Å². The van der Waals surface area contributed by atoms with Crippen LogP contribution in [0.1, 0.15) is 13.8 Å². The molecule has 1 heterocycles. The summed E-state index contributed by atoms with van der Waals surface area (Å²) in [5.41, 5.74) is -0.623. The number of nitrogens with zero attached hydrogens (tertiary/aromatic N) is 2. The van der Waals surface area contributed by atoms with Gasteiger partial charge < -0.3 is 4.74 Å². The first-order valence-electron chi connectivity index (χ1n) is 5.43. The second kappa shape index (κ2) is 6.54. The first kappa shape index (κ1) is 16.9. The zero-order chi connectivity index (χ0) is 16.2. The van der Waals surface area contributed by atoms with Crippen LogP contribution in [0.3, 0.4) is 0 Å². The van der Waals surface area contributed by atoms with Gasteiger partial charge in [-0.25, -0.2) is 19.2 Å². The van der Waals surface area contributed by atoms with Gasteiger partial charge in [-0.15, -0.1) is 0 Å². The maximum absolute atomic E-state index is 11.6. The highest BCUT2D eigenvalue weighted by molar-refractivity contribution is 7.91. The maximum atomic E-state index is 11.6. The first-order chi connectivity index (χ1) is 9.60. The van der Waals surface area contributed by atoms with Crippen molar-refractivity contribution in [3.63, 3.8) is 0 Å². The number of anilines is 1. The van der Waals surface area contributed by atoms with E-state index in [1.807, 2.05) is 0 Å². The van der Waals surface area contributed by atoms with E-state index in [1.165, 1.54) is 18.6 Å². The van der Waals surface area contributed by atoms with Crippen molar-refractivity contribution in [2.45, 2.75) is 20.0 Å². The van der Waals surface area contributed by atoms with Crippen molar-refractivity contribution in [3.8, 4) is 0 Å². The lowest BCUT2D eigenvalue weighted by atomic mass is 10.4. The summed E-state index contributed by atoms with van der Waals surface area (Å²) in [7, 11) is -4.45. The molecule has 1 aromatic heterocycles. The van der Waals surface area contributed by atoms with Crippen LogP contribution in [-0.4, -0.2) is 30.5 Å². The number of hydrogen-bond acceptors (Lipinski definition) is 7. The van der Waals surface area contributed by atoms with Crippen LogP contribution in [0, 0.1) is 10.1 Å². The number of hydrogen-bond donors (Lipinski definition) is 2. The Morgan fingerprint density at radius 2 is 2.10 bits per heavy atom. The topological polar surface area (TPSA) is 141 Å². The van der Waals surface area contributed by atoms with Crippen molar-refractivity contribution >= 4 is 39.4 Å². The number of rotatable bonds is 5. The fourth-order valence-corrected chi connectivity index (χ4v) is 2.02. The smallest absolute Gasteiger partial charge is 0.422 e. The van der Waals surface area contributed by atoms with Crippen molar-refractivity contribution in [2.75, 3.05) is 4.72 Å². The zero-order valence-corrected chi connectivity index (χ0v) is 12.4. The van der Waals surface area contributed by atoms with Crippen molar-refractivity contribution in [1.29, 1.82) is 0 Å². The standard InChI is InChI=1S/C9H11ClN4O6S/c1-5(2)20-9(15)13-21(18,19)12-8-6(14(16)17)3-4-7(10)11-8/h3-5H,1-2H3,(H,11,12)(H,13,15). The number of carbonyl (C=O) groups is 1. The molecule has 0 saturated heterocycles. The molecule has 116 valence electrons. The number of amides is 1. The SMILES string of the molecule is CC(C)OC(=O)NS(=O)(=O)Nc1nc(Cl)ccc1[N+](=O)[O-]. The molecule has 10 nitrogen and oxygen atoms in total. The van der Waals surface area contributed by atoms with Gasteiger partial charge in [-0.3, -0.25) is 10.1 Å². The molecule has 0 fully saturated rings. The first-order valence-corrected chi connectivity index (χ1v) is 7.29. The van der Waals surface area contributed by atoms with E-state index in [0.717, 1.165) is 12.1 Å². The Morgan fingerprint density at radius 3 is 2.62 bits per heavy atom. The van der Waals surface area contributed by atoms with E-state index >= 15 is 0 Å². The van der Waals surface area contributed by atoms with Crippen molar-refractivity contribution in [2.24, 2.45) is 0 Å². The minimum atomic E-state index is -4.45. The molecular weight excluding hydrogens is 328 g/mol. The second-order valence-corrected chi connectivity index (χ2v) is 5.72. The molecule has 0 aliphatic heterocycles. The molecule has 12 heteroatoms. The Labute approximate surface area is 124 Å². The molecule has 0 spiro atoms. The van der Waals surface area contributed by atoms with Gasteiger partial charge in [0.15, 0.2) is 0 Å². The van der Waals surface area contributed by atoms with E-state index in [1.54, 1.807) is 4.72 Å². The number of halogens is 1. The quantitative estimate of drug-likeness (QED) is 0.470. The van der Waals surface area contributed by atoms with Gasteiger partial charge in [0.1, 0.15) is 5.15 Å². The van der Waals surface area contributed by atoms with E-state index in [-0.39, 0.29) is 5.15 Å². The minimum Gasteiger partial charge on any atom is -0.446 e. The molecule has 2 N–H and O–H groups in total. The van der Waals surface area contributed by atoms with E-state index in [0.29, 0.717) is 0 Å². The summed E-state index contributed by atoms with van der Waals surface area (Å²) in [6, 6.07) is 2.09. The maximum Gasteiger partial charge on any atom is 0.422 e. The Morgan fingerprint density at radius 1 is 1.48 bits per heavy atom. The molecule has 0 saturated carbocycles. The van der Waals surface area contributed by atoms with Crippen LogP contribution in [0.25, 0.3) is 0 Å². The summed E-state index contributed by atoms with van der Waals surface area (Å²) in [4.78, 5) is 24.6. The number of nitro groups is 1. The Bertz CT molecular complexity index is 662. The van der Waals surface area contributed by atoms with Crippen LogP contribution < -0.4 is 9.44 Å². The fourth-order valence-electron chi connectivity index (χ4n) is 1.15. The molecule has 0 radical (unpaired) electrons. The van der Waals surface area contributed by atoms with Crippen LogP contribution >= 0.6 is 11.6 Å². The lowest BCUT2D eigenvalue weighted by molar-refractivity contribution is -0.384. The predicted molar refractivity (Wildman–Crippen MR) is 73.2 cm³/mol. The average Bonchev–Trinajstić information content (AvgIpc) is 2.24. The third kappa shape index (κ3) is 5.39. The summed E-state index contributed by atoms with van der Waals surface area (Å²) >= 11 is 5.54. The molecule has 1 rings (SSSR count). The fraction of sp³-hybridized carbons (Fsp3) is 0.333. The van der Waals surface area contributed by atoms with Crippen LogP contribution in [0.15, 0.2) is 12.1 Å². The predicted octanol–water partition coefficient (Wildman–Crippen LogP) is 1.43. The van der Waals surface area contributed by atoms with Gasteiger partial charge in [-0.2, -0.15) is 8.42 Å². The summed E-state index contributed by atoms with van der Waals surface area (Å²) < 4.78 is 31.1. The van der Waals surface area contributed by atoms with Crippen molar-refractivity contribution < 1.29 is 22.9 Å². The van der Waals surface area contributed by atoms with E-state index in [2.05, 4.69) is 9.72 Å². The Balaban J connectivity index is 2.96. The van der Waals surface area contributed by atoms with Gasteiger partial charge in [0.05, 0.1) is 11.0 Å². The van der Waals surface area contributed by atoms with Crippen LogP contribution in [0.5, 0.6) is 0 Å². The van der Waals surface area contributed by atoms with Gasteiger partial charge in [0, 0.05) is 6.07 Å². The normalized spacial score (nSPS) is 11.0. The van der Waals surface area contributed by atoms with E-state index < -0.39 is 38.8 Å². The highest BCUT2D eigenvalue weighted by Crippen LogP contribution is 2.24. The molecule has 0 aliphatic rings. The molecule has 1 amide bonds. The lowest BCUT2D eigenvalue weighted by Crippen LogP contribution is -2.37. The molecule has 0 atom stereocenters. The molecule has 1 aromatic rings. The van der Waals surface area contributed by atoms with Gasteiger partial charge in [0.2, 0.25) is 5.82 Å². The van der Waals surface area contributed by atoms with E-state index in [9.17, 15) is 23.3 Å². The van der Waals surface area contributed by atoms with Crippen LogP contribution in [-0.2, 0) is 14.9 Å². The zero-order valence-electron chi connectivity index (χ0n) is 10.9. The molecule has 0 aliphatic carbocycles. The third-order valence-corrected chi connectivity index (χ3v) is 2.94.